The summed E-state index contributed by atoms with van der Waals surface area (Å²) in [5.74, 6) is -1.82. The van der Waals surface area contributed by atoms with E-state index in [1.807, 2.05) is 18.4 Å². The third-order valence-electron chi connectivity index (χ3n) is 3.93. The molecule has 110 valence electrons. The Kier molecular flexibility index (Phi) is 5.17. The molecule has 20 heavy (non-hydrogen) atoms. The zero-order chi connectivity index (χ0) is 14.5. The quantitative estimate of drug-likeness (QED) is 0.877. The minimum absolute atomic E-state index is 0.0356. The van der Waals surface area contributed by atoms with Crippen molar-refractivity contribution in [3.63, 3.8) is 0 Å². The molecule has 1 aromatic rings. The van der Waals surface area contributed by atoms with Gasteiger partial charge < -0.3 is 10.4 Å². The van der Waals surface area contributed by atoms with Crippen molar-refractivity contribution in [2.45, 2.75) is 45.1 Å². The van der Waals surface area contributed by atoms with Crippen LogP contribution in [0.15, 0.2) is 16.8 Å². The van der Waals surface area contributed by atoms with Gasteiger partial charge in [-0.2, -0.15) is 11.3 Å². The predicted molar refractivity (Wildman–Crippen MR) is 78.7 cm³/mol. The maximum absolute atomic E-state index is 12.3. The topological polar surface area (TPSA) is 66.4 Å². The summed E-state index contributed by atoms with van der Waals surface area (Å²) in [7, 11) is 0. The van der Waals surface area contributed by atoms with E-state index in [1.54, 1.807) is 11.3 Å². The van der Waals surface area contributed by atoms with Gasteiger partial charge in [0, 0.05) is 6.04 Å². The van der Waals surface area contributed by atoms with Crippen LogP contribution in [0.1, 0.15) is 38.2 Å². The summed E-state index contributed by atoms with van der Waals surface area (Å²) in [6, 6.07) is 2.09. The fourth-order valence-electron chi connectivity index (χ4n) is 2.90. The average molecular weight is 295 g/mol. The molecule has 1 heterocycles. The number of carboxylic acids is 1. The monoisotopic (exact) mass is 295 g/mol. The van der Waals surface area contributed by atoms with Crippen LogP contribution in [-0.4, -0.2) is 23.0 Å². The Morgan fingerprint density at radius 2 is 2.10 bits per heavy atom. The molecule has 1 amide bonds. The van der Waals surface area contributed by atoms with E-state index in [1.165, 1.54) is 5.56 Å². The zero-order valence-electron chi connectivity index (χ0n) is 11.7. The number of thiophene rings is 1. The molecule has 0 aromatic carbocycles. The van der Waals surface area contributed by atoms with Gasteiger partial charge in [0.05, 0.1) is 11.8 Å². The molecule has 1 fully saturated rings. The van der Waals surface area contributed by atoms with E-state index < -0.39 is 11.9 Å². The lowest BCUT2D eigenvalue weighted by Gasteiger charge is -2.28. The number of aliphatic carboxylic acids is 1. The lowest BCUT2D eigenvalue weighted by molar-refractivity contribution is -0.149. The van der Waals surface area contributed by atoms with Crippen molar-refractivity contribution in [2.24, 2.45) is 11.8 Å². The summed E-state index contributed by atoms with van der Waals surface area (Å²) in [6.45, 7) is 1.97. The molecule has 0 spiro atoms. The highest BCUT2D eigenvalue weighted by Gasteiger charge is 2.35. The molecule has 0 radical (unpaired) electrons. The van der Waals surface area contributed by atoms with E-state index >= 15 is 0 Å². The fourth-order valence-corrected chi connectivity index (χ4v) is 3.59. The van der Waals surface area contributed by atoms with E-state index in [9.17, 15) is 14.7 Å². The molecular formula is C15H21NO3S. The first-order valence-electron chi connectivity index (χ1n) is 7.12. The maximum Gasteiger partial charge on any atom is 0.307 e. The Bertz CT molecular complexity index is 458. The third kappa shape index (κ3) is 3.82. The largest absolute Gasteiger partial charge is 0.481 e. The Labute approximate surface area is 123 Å². The van der Waals surface area contributed by atoms with Crippen molar-refractivity contribution in [1.29, 1.82) is 0 Å². The second-order valence-electron chi connectivity index (χ2n) is 5.58. The highest BCUT2D eigenvalue weighted by atomic mass is 32.1. The number of hydrogen-bond donors (Lipinski definition) is 2. The molecule has 2 N–H and O–H groups in total. The molecule has 4 nitrogen and oxygen atoms in total. The average Bonchev–Trinajstić information content (AvgIpc) is 2.91. The molecule has 2 rings (SSSR count). The Balaban J connectivity index is 1.90. The molecule has 3 unspecified atom stereocenters. The first kappa shape index (κ1) is 15.0. The first-order valence-corrected chi connectivity index (χ1v) is 8.06. The van der Waals surface area contributed by atoms with E-state index in [-0.39, 0.29) is 17.9 Å². The molecule has 0 aliphatic heterocycles. The van der Waals surface area contributed by atoms with Crippen LogP contribution in [-0.2, 0) is 16.0 Å². The van der Waals surface area contributed by atoms with Crippen molar-refractivity contribution in [3.8, 4) is 0 Å². The summed E-state index contributed by atoms with van der Waals surface area (Å²) in [5.41, 5.74) is 1.21. The van der Waals surface area contributed by atoms with Crippen LogP contribution in [0.5, 0.6) is 0 Å². The van der Waals surface area contributed by atoms with E-state index in [2.05, 4.69) is 10.7 Å². The molecule has 1 aromatic heterocycles. The second kappa shape index (κ2) is 6.88. The van der Waals surface area contributed by atoms with Crippen molar-refractivity contribution >= 4 is 23.2 Å². The van der Waals surface area contributed by atoms with Gasteiger partial charge in [-0.25, -0.2) is 0 Å². The summed E-state index contributed by atoms with van der Waals surface area (Å²) in [4.78, 5) is 23.5. The van der Waals surface area contributed by atoms with Crippen molar-refractivity contribution < 1.29 is 14.7 Å². The van der Waals surface area contributed by atoms with Gasteiger partial charge in [0.15, 0.2) is 0 Å². The molecular weight excluding hydrogens is 274 g/mol. The van der Waals surface area contributed by atoms with Crippen LogP contribution >= 0.6 is 11.3 Å². The molecule has 0 bridgehead atoms. The SMILES string of the molecule is CC(Cc1ccsc1)NC(=O)C1CCCCC1C(=O)O. The summed E-state index contributed by atoms with van der Waals surface area (Å²) >= 11 is 1.64. The van der Waals surface area contributed by atoms with Crippen LogP contribution in [0.25, 0.3) is 0 Å². The van der Waals surface area contributed by atoms with Crippen LogP contribution in [0.3, 0.4) is 0 Å². The molecule has 5 heteroatoms. The van der Waals surface area contributed by atoms with Gasteiger partial charge in [-0.3, -0.25) is 9.59 Å². The fraction of sp³-hybridized carbons (Fsp3) is 0.600. The summed E-state index contributed by atoms with van der Waals surface area (Å²) in [5, 5.41) is 16.3. The highest BCUT2D eigenvalue weighted by molar-refractivity contribution is 7.07. The predicted octanol–water partition coefficient (Wildman–Crippen LogP) is 2.69. The molecule has 1 saturated carbocycles. The number of carbonyl (C=O) groups is 2. The van der Waals surface area contributed by atoms with Crippen LogP contribution < -0.4 is 5.32 Å². The van der Waals surface area contributed by atoms with Gasteiger partial charge in [0.25, 0.3) is 0 Å². The van der Waals surface area contributed by atoms with Crippen molar-refractivity contribution in [3.05, 3.63) is 22.4 Å². The number of rotatable bonds is 5. The van der Waals surface area contributed by atoms with E-state index in [0.717, 1.165) is 19.3 Å². The van der Waals surface area contributed by atoms with Gasteiger partial charge in [0.2, 0.25) is 5.91 Å². The van der Waals surface area contributed by atoms with Crippen molar-refractivity contribution in [2.75, 3.05) is 0 Å². The van der Waals surface area contributed by atoms with Gasteiger partial charge in [-0.05, 0) is 48.6 Å². The normalized spacial score (nSPS) is 24.1. The van der Waals surface area contributed by atoms with E-state index in [0.29, 0.717) is 12.8 Å². The Hall–Kier alpha value is -1.36. The molecule has 0 saturated heterocycles. The number of carbonyl (C=O) groups excluding carboxylic acids is 1. The van der Waals surface area contributed by atoms with Gasteiger partial charge in [-0.1, -0.05) is 12.8 Å². The van der Waals surface area contributed by atoms with Crippen molar-refractivity contribution in [1.82, 2.24) is 5.32 Å². The first-order chi connectivity index (χ1) is 9.58. The number of hydrogen-bond acceptors (Lipinski definition) is 3. The summed E-state index contributed by atoms with van der Waals surface area (Å²) < 4.78 is 0. The minimum atomic E-state index is -0.838. The highest BCUT2D eigenvalue weighted by Crippen LogP contribution is 2.30. The van der Waals surface area contributed by atoms with E-state index in [4.69, 9.17) is 0 Å². The van der Waals surface area contributed by atoms with Gasteiger partial charge >= 0.3 is 5.97 Å². The molecule has 1 aliphatic rings. The smallest absolute Gasteiger partial charge is 0.307 e. The maximum atomic E-state index is 12.3. The lowest BCUT2D eigenvalue weighted by Crippen LogP contribution is -2.43. The summed E-state index contributed by atoms with van der Waals surface area (Å²) in [6.07, 6.45) is 3.95. The van der Waals surface area contributed by atoms with Crippen LogP contribution in [0, 0.1) is 11.8 Å². The zero-order valence-corrected chi connectivity index (χ0v) is 12.5. The van der Waals surface area contributed by atoms with Gasteiger partial charge in [-0.15, -0.1) is 0 Å². The Morgan fingerprint density at radius 1 is 1.40 bits per heavy atom. The third-order valence-corrected chi connectivity index (χ3v) is 4.66. The molecule has 3 atom stereocenters. The second-order valence-corrected chi connectivity index (χ2v) is 6.36. The minimum Gasteiger partial charge on any atom is -0.481 e. The molecule has 1 aliphatic carbocycles. The number of amides is 1. The van der Waals surface area contributed by atoms with Crippen LogP contribution in [0.4, 0.5) is 0 Å². The van der Waals surface area contributed by atoms with Gasteiger partial charge in [0.1, 0.15) is 0 Å². The number of nitrogens with one attached hydrogen (secondary N) is 1. The lowest BCUT2D eigenvalue weighted by atomic mass is 9.78. The van der Waals surface area contributed by atoms with Crippen LogP contribution in [0.2, 0.25) is 0 Å². The Morgan fingerprint density at radius 3 is 2.70 bits per heavy atom. The standard InChI is InChI=1S/C15H21NO3S/c1-10(8-11-6-7-20-9-11)16-14(17)12-4-2-3-5-13(12)15(18)19/h6-7,9-10,12-13H,2-5,8H2,1H3,(H,16,17)(H,18,19). The number of carboxylic acid groups (broad SMARTS) is 1.